The third-order valence-corrected chi connectivity index (χ3v) is 5.39. The lowest BCUT2D eigenvalue weighted by Crippen LogP contribution is -2.03. The van der Waals surface area contributed by atoms with Crippen LogP contribution in [0, 0.1) is 0 Å². The van der Waals surface area contributed by atoms with Crippen molar-refractivity contribution >= 4 is 0 Å². The van der Waals surface area contributed by atoms with E-state index in [0.29, 0.717) is 12.7 Å². The van der Waals surface area contributed by atoms with Crippen molar-refractivity contribution in [1.82, 2.24) is 0 Å². The lowest BCUT2D eigenvalue weighted by Gasteiger charge is -2.06. The average Bonchev–Trinajstić information content (AvgIpc) is 3.52. The van der Waals surface area contributed by atoms with E-state index in [1.165, 1.54) is 95.5 Å². The van der Waals surface area contributed by atoms with Crippen LogP contribution in [-0.2, 0) is 11.2 Å². The third kappa shape index (κ3) is 11.9. The highest BCUT2D eigenvalue weighted by Gasteiger charge is 2.22. The number of unbranched alkanes of at least 4 members (excludes halogenated alkanes) is 12. The first-order valence-electron chi connectivity index (χ1n) is 11.3. The van der Waals surface area contributed by atoms with Gasteiger partial charge in [0.05, 0.1) is 6.61 Å². The Balaban J connectivity index is 1.33. The second-order valence-electron chi connectivity index (χ2n) is 7.98. The first kappa shape index (κ1) is 22.0. The van der Waals surface area contributed by atoms with Crippen LogP contribution in [0.5, 0.6) is 5.75 Å². The van der Waals surface area contributed by atoms with Crippen molar-refractivity contribution < 1.29 is 9.47 Å². The largest absolute Gasteiger partial charge is 0.491 e. The fourth-order valence-corrected chi connectivity index (χ4v) is 3.49. The molecule has 2 heteroatoms. The lowest BCUT2D eigenvalue weighted by molar-refractivity contribution is 0.263. The van der Waals surface area contributed by atoms with E-state index in [2.05, 4.69) is 30.8 Å². The van der Waals surface area contributed by atoms with Crippen LogP contribution < -0.4 is 4.74 Å². The molecule has 2 nitrogen and oxygen atoms in total. The van der Waals surface area contributed by atoms with Crippen molar-refractivity contribution in [2.75, 3.05) is 13.2 Å². The zero-order valence-corrected chi connectivity index (χ0v) is 17.3. The van der Waals surface area contributed by atoms with Crippen molar-refractivity contribution in [1.29, 1.82) is 0 Å². The number of epoxide rings is 1. The Hall–Kier alpha value is -1.28. The van der Waals surface area contributed by atoms with Gasteiger partial charge in [0.2, 0.25) is 0 Å². The van der Waals surface area contributed by atoms with Gasteiger partial charge in [0.25, 0.3) is 0 Å². The fraction of sp³-hybridized carbons (Fsp3) is 0.680. The van der Waals surface area contributed by atoms with Crippen molar-refractivity contribution in [3.8, 4) is 5.75 Å². The summed E-state index contributed by atoms with van der Waals surface area (Å²) in [6, 6.07) is 8.61. The minimum absolute atomic E-state index is 0.331. The molecule has 2 rings (SSSR count). The van der Waals surface area contributed by atoms with Gasteiger partial charge in [-0.2, -0.15) is 0 Å². The fourth-order valence-electron chi connectivity index (χ4n) is 3.49. The molecule has 0 spiro atoms. The molecule has 1 aliphatic rings. The second-order valence-corrected chi connectivity index (χ2v) is 7.98. The maximum Gasteiger partial charge on any atom is 0.119 e. The molecule has 1 fully saturated rings. The first-order chi connectivity index (χ1) is 13.4. The summed E-state index contributed by atoms with van der Waals surface area (Å²) in [6.45, 7) is 5.32. The van der Waals surface area contributed by atoms with E-state index in [9.17, 15) is 0 Å². The van der Waals surface area contributed by atoms with Crippen LogP contribution in [-0.4, -0.2) is 19.3 Å². The topological polar surface area (TPSA) is 21.8 Å². The Labute approximate surface area is 167 Å². The van der Waals surface area contributed by atoms with Gasteiger partial charge >= 0.3 is 0 Å². The minimum atomic E-state index is 0.331. The van der Waals surface area contributed by atoms with Gasteiger partial charge in [0.15, 0.2) is 0 Å². The predicted octanol–water partition coefficient (Wildman–Crippen LogP) is 7.26. The predicted molar refractivity (Wildman–Crippen MR) is 116 cm³/mol. The molecule has 152 valence electrons. The normalized spacial score (nSPS) is 15.6. The number of aryl methyl sites for hydroxylation is 1. The molecule has 1 aromatic carbocycles. The molecule has 1 heterocycles. The average molecular weight is 373 g/mol. The van der Waals surface area contributed by atoms with E-state index in [4.69, 9.17) is 9.47 Å². The van der Waals surface area contributed by atoms with Crippen LogP contribution in [0.15, 0.2) is 36.9 Å². The molecule has 0 aliphatic carbocycles. The van der Waals surface area contributed by atoms with Gasteiger partial charge in [-0.05, 0) is 43.4 Å². The second kappa shape index (κ2) is 14.7. The Bertz CT molecular complexity index is 476. The maximum absolute atomic E-state index is 5.68. The Morgan fingerprint density at radius 2 is 1.33 bits per heavy atom. The van der Waals surface area contributed by atoms with Gasteiger partial charge in [-0.25, -0.2) is 0 Å². The standard InChI is InChI=1S/C25H40O2/c1-2-3-4-5-6-7-8-9-10-11-12-13-14-15-16-23-17-19-24(20-18-23)26-21-25-22-27-25/h2,17-20,25H,1,3-16,21-22H2. The maximum atomic E-state index is 5.68. The summed E-state index contributed by atoms with van der Waals surface area (Å²) in [5, 5.41) is 0. The van der Waals surface area contributed by atoms with Gasteiger partial charge in [-0.3, -0.25) is 0 Å². The first-order valence-corrected chi connectivity index (χ1v) is 11.3. The highest BCUT2D eigenvalue weighted by atomic mass is 16.6. The highest BCUT2D eigenvalue weighted by molar-refractivity contribution is 5.27. The third-order valence-electron chi connectivity index (χ3n) is 5.39. The van der Waals surface area contributed by atoms with Gasteiger partial charge in [0, 0.05) is 0 Å². The van der Waals surface area contributed by atoms with Crippen molar-refractivity contribution in [3.63, 3.8) is 0 Å². The Kier molecular flexibility index (Phi) is 12.0. The monoisotopic (exact) mass is 372 g/mol. The zero-order chi connectivity index (χ0) is 19.0. The van der Waals surface area contributed by atoms with Crippen LogP contribution in [0.2, 0.25) is 0 Å². The molecule has 1 atom stereocenters. The number of hydrogen-bond acceptors (Lipinski definition) is 2. The van der Waals surface area contributed by atoms with Crippen LogP contribution in [0.4, 0.5) is 0 Å². The molecule has 1 aromatic rings. The van der Waals surface area contributed by atoms with Crippen LogP contribution in [0.25, 0.3) is 0 Å². The molecule has 0 bridgehead atoms. The summed E-state index contributed by atoms with van der Waals surface area (Å²) in [5.41, 5.74) is 1.43. The number of hydrogen-bond donors (Lipinski definition) is 0. The van der Waals surface area contributed by atoms with Gasteiger partial charge < -0.3 is 9.47 Å². The molecule has 0 N–H and O–H groups in total. The summed E-state index contributed by atoms with van der Waals surface area (Å²) >= 11 is 0. The van der Waals surface area contributed by atoms with E-state index < -0.39 is 0 Å². The number of benzene rings is 1. The number of rotatable bonds is 18. The molecular formula is C25H40O2. The quantitative estimate of drug-likeness (QED) is 0.154. The summed E-state index contributed by atoms with van der Waals surface area (Å²) in [7, 11) is 0. The van der Waals surface area contributed by atoms with E-state index in [0.717, 1.165) is 12.4 Å². The van der Waals surface area contributed by atoms with Crippen LogP contribution in [0.3, 0.4) is 0 Å². The summed E-state index contributed by atoms with van der Waals surface area (Å²) in [4.78, 5) is 0. The van der Waals surface area contributed by atoms with Gasteiger partial charge in [-0.1, -0.05) is 82.4 Å². The summed E-state index contributed by atoms with van der Waals surface area (Å²) in [6.07, 6.45) is 21.5. The van der Waals surface area contributed by atoms with Crippen molar-refractivity contribution in [2.45, 2.75) is 96.0 Å². The SMILES string of the molecule is C=CCCCCCCCCCCCCCCc1ccc(OCC2CO2)cc1. The van der Waals surface area contributed by atoms with Gasteiger partial charge in [-0.15, -0.1) is 6.58 Å². The molecule has 27 heavy (non-hydrogen) atoms. The molecular weight excluding hydrogens is 332 g/mol. The molecule has 0 saturated carbocycles. The zero-order valence-electron chi connectivity index (χ0n) is 17.3. The van der Waals surface area contributed by atoms with E-state index >= 15 is 0 Å². The Morgan fingerprint density at radius 3 is 1.85 bits per heavy atom. The smallest absolute Gasteiger partial charge is 0.119 e. The summed E-state index contributed by atoms with van der Waals surface area (Å²) < 4.78 is 10.8. The minimum Gasteiger partial charge on any atom is -0.491 e. The molecule has 1 aliphatic heterocycles. The molecule has 0 radical (unpaired) electrons. The van der Waals surface area contributed by atoms with E-state index in [1.54, 1.807) is 0 Å². The molecule has 1 saturated heterocycles. The molecule has 0 amide bonds. The van der Waals surface area contributed by atoms with Crippen LogP contribution in [0.1, 0.15) is 89.0 Å². The van der Waals surface area contributed by atoms with E-state index in [1.807, 2.05) is 6.08 Å². The van der Waals surface area contributed by atoms with E-state index in [-0.39, 0.29) is 0 Å². The number of allylic oxidation sites excluding steroid dienone is 1. The Morgan fingerprint density at radius 1 is 0.815 bits per heavy atom. The lowest BCUT2D eigenvalue weighted by atomic mass is 10.0. The van der Waals surface area contributed by atoms with Gasteiger partial charge in [0.1, 0.15) is 18.5 Å². The number of ether oxygens (including phenoxy) is 2. The van der Waals surface area contributed by atoms with Crippen molar-refractivity contribution in [2.24, 2.45) is 0 Å². The highest BCUT2D eigenvalue weighted by Crippen LogP contribution is 2.18. The molecule has 1 unspecified atom stereocenters. The van der Waals surface area contributed by atoms with Crippen LogP contribution >= 0.6 is 0 Å². The summed E-state index contributed by atoms with van der Waals surface area (Å²) in [5.74, 6) is 0.964. The molecule has 0 aromatic heterocycles. The van der Waals surface area contributed by atoms with Crippen molar-refractivity contribution in [3.05, 3.63) is 42.5 Å².